The van der Waals surface area contributed by atoms with Gasteiger partial charge in [0.1, 0.15) is 0 Å². The second-order valence-electron chi connectivity index (χ2n) is 7.12. The van der Waals surface area contributed by atoms with E-state index in [2.05, 4.69) is 10.6 Å². The highest BCUT2D eigenvalue weighted by molar-refractivity contribution is 7.89. The molecule has 30 heavy (non-hydrogen) atoms. The van der Waals surface area contributed by atoms with Crippen molar-refractivity contribution >= 4 is 38.4 Å². The Balaban J connectivity index is 0.00000341. The summed E-state index contributed by atoms with van der Waals surface area (Å²) < 4.78 is 24.2. The number of hydrogen-bond acceptors (Lipinski definition) is 4. The molecule has 3 aromatic rings. The molecule has 162 valence electrons. The van der Waals surface area contributed by atoms with E-state index in [1.54, 1.807) is 19.1 Å². The van der Waals surface area contributed by atoms with E-state index < -0.39 is 16.1 Å². The van der Waals surface area contributed by atoms with E-state index >= 15 is 0 Å². The number of rotatable bonds is 5. The van der Waals surface area contributed by atoms with Crippen molar-refractivity contribution in [2.24, 2.45) is 0 Å². The Bertz CT molecular complexity index is 1230. The minimum absolute atomic E-state index is 0. The van der Waals surface area contributed by atoms with Crippen LogP contribution in [0.25, 0.3) is 10.8 Å². The van der Waals surface area contributed by atoms with Crippen molar-refractivity contribution in [3.05, 3.63) is 77.4 Å². The molecule has 3 N–H and O–H groups in total. The van der Waals surface area contributed by atoms with Gasteiger partial charge in [-0.05, 0) is 47.9 Å². The molecule has 0 saturated heterocycles. The van der Waals surface area contributed by atoms with E-state index in [1.807, 2.05) is 54.1 Å². The van der Waals surface area contributed by atoms with E-state index in [9.17, 15) is 18.0 Å². The second-order valence-corrected chi connectivity index (χ2v) is 8.87. The number of aryl methyl sites for hydroxylation is 1. The highest BCUT2D eigenvalue weighted by atomic mass is 32.2. The Hall–Kier alpha value is -3.39. The first-order valence-corrected chi connectivity index (χ1v) is 11.2. The topological polar surface area (TPSA) is 104 Å². The summed E-state index contributed by atoms with van der Waals surface area (Å²) in [6.45, 7) is 3.70. The van der Waals surface area contributed by atoms with Crippen LogP contribution in [0.4, 0.5) is 10.5 Å². The molecule has 0 saturated carbocycles. The Labute approximate surface area is 180 Å². The van der Waals surface area contributed by atoms with Crippen LogP contribution >= 0.6 is 0 Å². The molecule has 0 aromatic heterocycles. The predicted molar refractivity (Wildman–Crippen MR) is 124 cm³/mol. The predicted octanol–water partition coefficient (Wildman–Crippen LogP) is 4.46. The van der Waals surface area contributed by atoms with Gasteiger partial charge in [0, 0.05) is 15.5 Å². The van der Waals surface area contributed by atoms with Gasteiger partial charge in [0.15, 0.2) is 0 Å². The monoisotopic (exact) mass is 431 g/mol. The third kappa shape index (κ3) is 5.15. The molecule has 0 aliphatic rings. The maximum Gasteiger partial charge on any atom is 0.332 e. The molecule has 3 amide bonds. The van der Waals surface area contributed by atoms with Gasteiger partial charge in [-0.3, -0.25) is 4.79 Å². The molecule has 7 nitrogen and oxygen atoms in total. The van der Waals surface area contributed by atoms with Gasteiger partial charge < -0.3 is 10.6 Å². The fraction of sp³-hybridized carbons (Fsp3) is 0.182. The number of nitrogens with one attached hydrogen (secondary N) is 3. The molecule has 0 aliphatic carbocycles. The first-order chi connectivity index (χ1) is 14.1. The number of hydrogen-bond donors (Lipinski definition) is 3. The Morgan fingerprint density at radius 3 is 2.43 bits per heavy atom. The zero-order chi connectivity index (χ0) is 21.9. The molecule has 0 aliphatic heterocycles. The first kappa shape index (κ1) is 21.3. The van der Waals surface area contributed by atoms with Gasteiger partial charge in [-0.2, -0.15) is 0 Å². The van der Waals surface area contributed by atoms with Crippen LogP contribution in [0.15, 0.2) is 60.7 Å². The van der Waals surface area contributed by atoms with Gasteiger partial charge in [-0.1, -0.05) is 48.5 Å². The van der Waals surface area contributed by atoms with Crippen LogP contribution in [0, 0.1) is 6.92 Å². The van der Waals surface area contributed by atoms with Gasteiger partial charge in [-0.25, -0.2) is 17.9 Å². The summed E-state index contributed by atoms with van der Waals surface area (Å²) in [4.78, 5) is 24.7. The van der Waals surface area contributed by atoms with Crippen molar-refractivity contribution in [2.75, 3.05) is 11.6 Å². The standard InChI is InChI=1S/C22H23N3O4S.3H2/c1-14-11-12-17(24-22(27)25-30(3,28)29)13-20(14)21(26)23-15(2)18-10-6-8-16-7-4-5-9-19(16)18;;;/h4-13,15H,1-3H3,(H,23,26)(H2,24,25,27);3*1H/t15-;;;/m1.../s1. The van der Waals surface area contributed by atoms with Gasteiger partial charge in [0.25, 0.3) is 5.91 Å². The maximum atomic E-state index is 12.9. The molecule has 0 unspecified atom stereocenters. The van der Waals surface area contributed by atoms with E-state index in [4.69, 9.17) is 0 Å². The summed E-state index contributed by atoms with van der Waals surface area (Å²) >= 11 is 0. The van der Waals surface area contributed by atoms with Crippen LogP contribution in [0.5, 0.6) is 0 Å². The normalized spacial score (nSPS) is 12.2. The summed E-state index contributed by atoms with van der Waals surface area (Å²) in [5, 5.41) is 7.58. The van der Waals surface area contributed by atoms with Gasteiger partial charge in [0.05, 0.1) is 12.3 Å². The van der Waals surface area contributed by atoms with Crippen LogP contribution in [0.2, 0.25) is 0 Å². The largest absolute Gasteiger partial charge is 0.345 e. The average Bonchev–Trinajstić information content (AvgIpc) is 2.67. The molecular formula is C22H29N3O4S. The summed E-state index contributed by atoms with van der Waals surface area (Å²) in [5.74, 6) is -0.292. The second kappa shape index (κ2) is 8.54. The third-order valence-corrected chi connectivity index (χ3v) is 5.21. The fourth-order valence-corrected chi connectivity index (χ4v) is 3.64. The minimum Gasteiger partial charge on any atom is -0.345 e. The number of benzene rings is 3. The van der Waals surface area contributed by atoms with Crippen LogP contribution in [-0.4, -0.2) is 26.6 Å². The molecule has 8 heteroatoms. The average molecular weight is 432 g/mol. The lowest BCUT2D eigenvalue weighted by atomic mass is 9.99. The summed E-state index contributed by atoms with van der Waals surface area (Å²) in [6.07, 6.45) is 0.884. The number of anilines is 1. The first-order valence-electron chi connectivity index (χ1n) is 9.32. The van der Waals surface area contributed by atoms with Crippen LogP contribution in [0.1, 0.15) is 38.7 Å². The van der Waals surface area contributed by atoms with E-state index in [-0.39, 0.29) is 16.2 Å². The maximum absolute atomic E-state index is 12.9. The van der Waals surface area contributed by atoms with Crippen molar-refractivity contribution in [1.29, 1.82) is 0 Å². The van der Waals surface area contributed by atoms with Crippen LogP contribution < -0.4 is 15.4 Å². The number of sulfonamides is 1. The van der Waals surface area contributed by atoms with Gasteiger partial charge >= 0.3 is 6.03 Å². The Kier molecular flexibility index (Phi) is 6.07. The SMILES string of the molecule is Cc1ccc(NC(=O)NS(C)(=O)=O)cc1C(=O)N[C@H](C)c1cccc2ccccc12.[HH].[HH].[HH]. The molecule has 3 rings (SSSR count). The van der Waals surface area contributed by atoms with Gasteiger partial charge in [-0.15, -0.1) is 0 Å². The molecule has 1 atom stereocenters. The van der Waals surface area contributed by atoms with Crippen LogP contribution in [0.3, 0.4) is 0 Å². The van der Waals surface area contributed by atoms with Crippen LogP contribution in [-0.2, 0) is 10.0 Å². The highest BCUT2D eigenvalue weighted by Gasteiger charge is 2.16. The van der Waals surface area contributed by atoms with E-state index in [1.165, 1.54) is 6.07 Å². The van der Waals surface area contributed by atoms with Crippen molar-refractivity contribution in [2.45, 2.75) is 19.9 Å². The molecule has 3 aromatic carbocycles. The number of carbonyl (C=O) groups is 2. The third-order valence-electron chi connectivity index (χ3n) is 4.66. The molecule has 0 fully saturated rings. The number of urea groups is 1. The van der Waals surface area contributed by atoms with Crippen molar-refractivity contribution in [1.82, 2.24) is 10.0 Å². The number of amides is 3. The summed E-state index contributed by atoms with van der Waals surface area (Å²) in [5.41, 5.74) is 2.43. The van der Waals surface area contributed by atoms with Crippen molar-refractivity contribution in [3.8, 4) is 0 Å². The van der Waals surface area contributed by atoms with Crippen molar-refractivity contribution in [3.63, 3.8) is 0 Å². The van der Waals surface area contributed by atoms with Crippen molar-refractivity contribution < 1.29 is 22.3 Å². The molecule has 0 radical (unpaired) electrons. The highest BCUT2D eigenvalue weighted by Crippen LogP contribution is 2.25. The molecule has 0 bridgehead atoms. The van der Waals surface area contributed by atoms with E-state index in [0.717, 1.165) is 28.2 Å². The van der Waals surface area contributed by atoms with Gasteiger partial charge in [0.2, 0.25) is 10.0 Å². The Morgan fingerprint density at radius 2 is 1.70 bits per heavy atom. The quantitative estimate of drug-likeness (QED) is 0.555. The minimum atomic E-state index is -3.68. The lowest BCUT2D eigenvalue weighted by molar-refractivity contribution is 0.0939. The van der Waals surface area contributed by atoms with E-state index in [0.29, 0.717) is 11.3 Å². The molecular weight excluding hydrogens is 402 g/mol. The fourth-order valence-electron chi connectivity index (χ4n) is 3.25. The summed E-state index contributed by atoms with van der Waals surface area (Å²) in [7, 11) is -3.68. The smallest absolute Gasteiger partial charge is 0.332 e. The lowest BCUT2D eigenvalue weighted by Gasteiger charge is -2.18. The Morgan fingerprint density at radius 1 is 1.00 bits per heavy atom. The molecule has 0 heterocycles. The molecule has 0 spiro atoms. The number of fused-ring (bicyclic) bond motifs is 1. The number of carbonyl (C=O) groups excluding carboxylic acids is 2. The zero-order valence-corrected chi connectivity index (χ0v) is 17.7. The summed E-state index contributed by atoms with van der Waals surface area (Å²) in [6, 6.07) is 17.6. The lowest BCUT2D eigenvalue weighted by Crippen LogP contribution is -2.33. The zero-order valence-electron chi connectivity index (χ0n) is 16.9.